The number of nitrogens with zero attached hydrogens (tertiary/aromatic N) is 1. The number of ether oxygens (including phenoxy) is 2. The molecule has 0 unspecified atom stereocenters. The number of hydroxylamine groups is 1. The third-order valence-corrected chi connectivity index (χ3v) is 6.75. The molecule has 172 valence electrons. The van der Waals surface area contributed by atoms with Crippen LogP contribution in [0.15, 0.2) is 64.6 Å². The van der Waals surface area contributed by atoms with E-state index >= 15 is 0 Å². The van der Waals surface area contributed by atoms with Gasteiger partial charge in [-0.25, -0.2) is 18.7 Å². The van der Waals surface area contributed by atoms with Crippen molar-refractivity contribution in [2.45, 2.75) is 16.2 Å². The first-order valence-electron chi connectivity index (χ1n) is 9.50. The van der Waals surface area contributed by atoms with Crippen LogP contribution >= 0.6 is 0 Å². The Bertz CT molecular complexity index is 1290. The molecule has 1 aromatic heterocycles. The fourth-order valence-electron chi connectivity index (χ4n) is 3.30. The molecule has 0 aliphatic rings. The smallest absolute Gasteiger partial charge is 0.339 e. The number of amides is 1. The molecule has 2 aromatic carbocycles. The lowest BCUT2D eigenvalue weighted by Crippen LogP contribution is -2.26. The van der Waals surface area contributed by atoms with Gasteiger partial charge in [-0.05, 0) is 47.5 Å². The molecule has 33 heavy (non-hydrogen) atoms. The number of carbonyl (C=O) groups is 2. The molecule has 0 bridgehead atoms. The monoisotopic (exact) mass is 471 g/mol. The van der Waals surface area contributed by atoms with Crippen molar-refractivity contribution in [3.05, 3.63) is 77.1 Å². The zero-order chi connectivity index (χ0) is 24.2. The van der Waals surface area contributed by atoms with Crippen molar-refractivity contribution in [1.82, 2.24) is 10.5 Å². The third kappa shape index (κ3) is 4.64. The molecule has 10 nitrogen and oxygen atoms in total. The van der Waals surface area contributed by atoms with Crippen molar-refractivity contribution < 1.29 is 32.7 Å². The largest absolute Gasteiger partial charge is 0.497 e. The SMILES string of the molecule is COC(=O)c1cc(Cc2cccnc2)c(N)c(C(=O)NO)c1S(=O)(=O)c1ccc(OC)cc1. The maximum atomic E-state index is 13.6. The number of nitrogens with two attached hydrogens (primary N) is 1. The fraction of sp³-hybridized carbons (Fsp3) is 0.136. The molecule has 0 saturated carbocycles. The first-order chi connectivity index (χ1) is 15.7. The Labute approximate surface area is 189 Å². The quantitative estimate of drug-likeness (QED) is 0.203. The number of carbonyl (C=O) groups excluding carboxylic acids is 2. The zero-order valence-electron chi connectivity index (χ0n) is 17.7. The molecule has 0 radical (unpaired) electrons. The van der Waals surface area contributed by atoms with E-state index in [9.17, 15) is 23.2 Å². The summed E-state index contributed by atoms with van der Waals surface area (Å²) in [4.78, 5) is 28.4. The number of methoxy groups -OCH3 is 2. The van der Waals surface area contributed by atoms with Crippen molar-refractivity contribution in [2.75, 3.05) is 20.0 Å². The molecule has 1 amide bonds. The van der Waals surface area contributed by atoms with Gasteiger partial charge < -0.3 is 15.2 Å². The van der Waals surface area contributed by atoms with E-state index in [1.54, 1.807) is 24.5 Å². The summed E-state index contributed by atoms with van der Waals surface area (Å²) < 4.78 is 37.0. The number of nitrogens with one attached hydrogen (secondary N) is 1. The molecule has 3 aromatic rings. The molecule has 1 heterocycles. The predicted octanol–water partition coefficient (Wildman–Crippen LogP) is 2.00. The van der Waals surface area contributed by atoms with Gasteiger partial charge in [0, 0.05) is 24.5 Å². The van der Waals surface area contributed by atoms with Gasteiger partial charge in [0.05, 0.1) is 30.2 Å². The van der Waals surface area contributed by atoms with E-state index < -0.39 is 37.7 Å². The van der Waals surface area contributed by atoms with Gasteiger partial charge in [-0.2, -0.15) is 0 Å². The van der Waals surface area contributed by atoms with Gasteiger partial charge in [-0.15, -0.1) is 0 Å². The van der Waals surface area contributed by atoms with Crippen LogP contribution < -0.4 is 16.0 Å². The predicted molar refractivity (Wildman–Crippen MR) is 117 cm³/mol. The minimum Gasteiger partial charge on any atom is -0.497 e. The van der Waals surface area contributed by atoms with E-state index in [2.05, 4.69) is 4.98 Å². The Kier molecular flexibility index (Phi) is 6.95. The number of rotatable bonds is 7. The molecule has 0 aliphatic carbocycles. The molecule has 0 aliphatic heterocycles. The van der Waals surface area contributed by atoms with Gasteiger partial charge in [0.1, 0.15) is 10.6 Å². The van der Waals surface area contributed by atoms with Gasteiger partial charge in [-0.1, -0.05) is 6.07 Å². The highest BCUT2D eigenvalue weighted by atomic mass is 32.2. The van der Waals surface area contributed by atoms with E-state index in [0.717, 1.165) is 7.11 Å². The van der Waals surface area contributed by atoms with E-state index in [-0.39, 0.29) is 22.6 Å². The minimum atomic E-state index is -4.47. The Balaban J connectivity index is 2.34. The van der Waals surface area contributed by atoms with Crippen LogP contribution in [-0.2, 0) is 21.0 Å². The second-order valence-corrected chi connectivity index (χ2v) is 8.74. The summed E-state index contributed by atoms with van der Waals surface area (Å²) in [5.74, 6) is -1.79. The minimum absolute atomic E-state index is 0.137. The number of sulfone groups is 1. The molecular weight excluding hydrogens is 450 g/mol. The number of esters is 1. The van der Waals surface area contributed by atoms with Crippen LogP contribution in [0.2, 0.25) is 0 Å². The number of benzene rings is 2. The maximum Gasteiger partial charge on any atom is 0.339 e. The number of anilines is 1. The lowest BCUT2D eigenvalue weighted by Gasteiger charge is -2.19. The fourth-order valence-corrected chi connectivity index (χ4v) is 4.93. The van der Waals surface area contributed by atoms with E-state index in [1.165, 1.54) is 42.9 Å². The average Bonchev–Trinajstić information content (AvgIpc) is 2.84. The summed E-state index contributed by atoms with van der Waals surface area (Å²) >= 11 is 0. The number of nitrogen functional groups attached to an aromatic ring is 1. The Morgan fingerprint density at radius 2 is 1.85 bits per heavy atom. The summed E-state index contributed by atoms with van der Waals surface area (Å²) in [5, 5.41) is 9.32. The van der Waals surface area contributed by atoms with Crippen LogP contribution in [-0.4, -0.2) is 44.7 Å². The normalized spacial score (nSPS) is 11.0. The van der Waals surface area contributed by atoms with Crippen molar-refractivity contribution in [2.24, 2.45) is 0 Å². The highest BCUT2D eigenvalue weighted by Gasteiger charge is 2.34. The third-order valence-electron chi connectivity index (χ3n) is 4.90. The summed E-state index contributed by atoms with van der Waals surface area (Å²) in [7, 11) is -1.97. The Morgan fingerprint density at radius 3 is 2.39 bits per heavy atom. The number of hydrogen-bond acceptors (Lipinski definition) is 9. The summed E-state index contributed by atoms with van der Waals surface area (Å²) in [5.41, 5.74) is 7.40. The van der Waals surface area contributed by atoms with Gasteiger partial charge in [0.25, 0.3) is 5.91 Å². The molecule has 0 spiro atoms. The first kappa shape index (κ1) is 23.7. The molecule has 4 N–H and O–H groups in total. The molecule has 0 fully saturated rings. The van der Waals surface area contributed by atoms with Crippen LogP contribution in [0, 0.1) is 0 Å². The van der Waals surface area contributed by atoms with E-state index in [4.69, 9.17) is 15.2 Å². The van der Waals surface area contributed by atoms with Crippen molar-refractivity contribution in [3.63, 3.8) is 0 Å². The van der Waals surface area contributed by atoms with Crippen molar-refractivity contribution >= 4 is 27.4 Å². The number of pyridine rings is 1. The lowest BCUT2D eigenvalue weighted by atomic mass is 9.97. The average molecular weight is 471 g/mol. The van der Waals surface area contributed by atoms with E-state index in [1.807, 2.05) is 0 Å². The molecule has 0 atom stereocenters. The number of aromatic nitrogens is 1. The van der Waals surface area contributed by atoms with Crippen LogP contribution in [0.3, 0.4) is 0 Å². The Hall–Kier alpha value is -3.96. The van der Waals surface area contributed by atoms with Gasteiger partial charge >= 0.3 is 5.97 Å². The van der Waals surface area contributed by atoms with Crippen LogP contribution in [0.1, 0.15) is 31.8 Å². The highest BCUT2D eigenvalue weighted by Crippen LogP contribution is 2.35. The summed E-state index contributed by atoms with van der Waals surface area (Å²) in [6.07, 6.45) is 3.27. The molecule has 0 saturated heterocycles. The van der Waals surface area contributed by atoms with Gasteiger partial charge in [0.15, 0.2) is 0 Å². The molecule has 3 rings (SSSR count). The standard InChI is InChI=1S/C22H21N3O7S/c1-31-15-5-7-16(8-6-15)33(29,30)20-17(22(27)32-2)11-14(10-13-4-3-9-24-12-13)19(23)18(20)21(26)25-28/h3-9,11-12,28H,10,23H2,1-2H3,(H,25,26). The Morgan fingerprint density at radius 1 is 1.15 bits per heavy atom. The summed E-state index contributed by atoms with van der Waals surface area (Å²) in [6, 6.07) is 10.0. The van der Waals surface area contributed by atoms with Crippen molar-refractivity contribution in [1.29, 1.82) is 0 Å². The second kappa shape index (κ2) is 9.67. The number of hydrogen-bond donors (Lipinski definition) is 3. The maximum absolute atomic E-state index is 13.6. The van der Waals surface area contributed by atoms with E-state index in [0.29, 0.717) is 11.3 Å². The lowest BCUT2D eigenvalue weighted by molar-refractivity contribution is 0.0595. The van der Waals surface area contributed by atoms with Crippen LogP contribution in [0.4, 0.5) is 5.69 Å². The van der Waals surface area contributed by atoms with Gasteiger partial charge in [0.2, 0.25) is 9.84 Å². The topological polar surface area (TPSA) is 158 Å². The van der Waals surface area contributed by atoms with Crippen LogP contribution in [0.5, 0.6) is 5.75 Å². The molecule has 11 heteroatoms. The second-order valence-electron chi connectivity index (χ2n) is 6.85. The highest BCUT2D eigenvalue weighted by molar-refractivity contribution is 7.91. The van der Waals surface area contributed by atoms with Gasteiger partial charge in [-0.3, -0.25) is 15.0 Å². The zero-order valence-corrected chi connectivity index (χ0v) is 18.5. The van der Waals surface area contributed by atoms with Crippen LogP contribution in [0.25, 0.3) is 0 Å². The first-order valence-corrected chi connectivity index (χ1v) is 11.0. The van der Waals surface area contributed by atoms with Crippen molar-refractivity contribution in [3.8, 4) is 5.75 Å². The molecular formula is C22H21N3O7S. The summed E-state index contributed by atoms with van der Waals surface area (Å²) in [6.45, 7) is 0.